The quantitative estimate of drug-likeness (QED) is 0.733. The summed E-state index contributed by atoms with van der Waals surface area (Å²) >= 11 is 0. The molecule has 2 rings (SSSR count). The molecule has 0 spiro atoms. The molecule has 0 aromatic rings. The van der Waals surface area contributed by atoms with Crippen molar-refractivity contribution in [2.45, 2.75) is 51.7 Å². The minimum atomic E-state index is -0.256. The standard InChI is InChI=1S/C14H26N2O2/c1-9-4-3-5-11(13(9)15)14(18)16-7-6-12(17)10(2)8-16/h9-13,17H,3-8,15H2,1-2H3. The summed E-state index contributed by atoms with van der Waals surface area (Å²) in [6.07, 6.45) is 3.62. The van der Waals surface area contributed by atoms with Crippen molar-refractivity contribution in [3.05, 3.63) is 0 Å². The summed E-state index contributed by atoms with van der Waals surface area (Å²) in [5.41, 5.74) is 6.20. The maximum absolute atomic E-state index is 12.5. The molecule has 1 amide bonds. The highest BCUT2D eigenvalue weighted by Gasteiger charge is 2.37. The predicted octanol–water partition coefficient (Wildman–Crippen LogP) is 0.979. The first-order chi connectivity index (χ1) is 8.50. The molecule has 2 aliphatic rings. The molecule has 0 aromatic heterocycles. The number of aliphatic hydroxyl groups is 1. The number of piperidine rings is 1. The van der Waals surface area contributed by atoms with Crippen molar-refractivity contribution in [3.63, 3.8) is 0 Å². The smallest absolute Gasteiger partial charge is 0.227 e. The minimum absolute atomic E-state index is 0.00353. The lowest BCUT2D eigenvalue weighted by Crippen LogP contribution is -2.52. The van der Waals surface area contributed by atoms with Crippen LogP contribution in [0.15, 0.2) is 0 Å². The number of carbonyl (C=O) groups is 1. The average molecular weight is 254 g/mol. The van der Waals surface area contributed by atoms with Crippen LogP contribution in [0.3, 0.4) is 0 Å². The lowest BCUT2D eigenvalue weighted by atomic mass is 9.77. The molecular formula is C14H26N2O2. The summed E-state index contributed by atoms with van der Waals surface area (Å²) in [5.74, 6) is 0.837. The van der Waals surface area contributed by atoms with E-state index in [0.29, 0.717) is 25.4 Å². The number of hydrogen-bond acceptors (Lipinski definition) is 3. The van der Waals surface area contributed by atoms with Gasteiger partial charge in [0.1, 0.15) is 0 Å². The van der Waals surface area contributed by atoms with Gasteiger partial charge in [-0.05, 0) is 31.1 Å². The summed E-state index contributed by atoms with van der Waals surface area (Å²) in [6.45, 7) is 5.51. The topological polar surface area (TPSA) is 66.6 Å². The van der Waals surface area contributed by atoms with Gasteiger partial charge in [0.25, 0.3) is 0 Å². The van der Waals surface area contributed by atoms with Crippen LogP contribution >= 0.6 is 0 Å². The van der Waals surface area contributed by atoms with E-state index in [1.165, 1.54) is 0 Å². The first-order valence-electron chi connectivity index (χ1n) is 7.23. The van der Waals surface area contributed by atoms with Crippen LogP contribution in [-0.2, 0) is 4.79 Å². The SMILES string of the molecule is CC1CN(C(=O)C2CCCC(C)C2N)CCC1O. The van der Waals surface area contributed by atoms with Crippen LogP contribution in [0.2, 0.25) is 0 Å². The summed E-state index contributed by atoms with van der Waals surface area (Å²) in [7, 11) is 0. The van der Waals surface area contributed by atoms with E-state index >= 15 is 0 Å². The number of rotatable bonds is 1. The molecule has 104 valence electrons. The molecule has 1 saturated carbocycles. The highest BCUT2D eigenvalue weighted by Crippen LogP contribution is 2.30. The van der Waals surface area contributed by atoms with Gasteiger partial charge in [0.2, 0.25) is 5.91 Å². The zero-order valence-electron chi connectivity index (χ0n) is 11.5. The molecule has 1 saturated heterocycles. The highest BCUT2D eigenvalue weighted by molar-refractivity contribution is 5.79. The van der Waals surface area contributed by atoms with Gasteiger partial charge in [0.15, 0.2) is 0 Å². The van der Waals surface area contributed by atoms with E-state index in [-0.39, 0.29) is 29.9 Å². The number of likely N-dealkylation sites (tertiary alicyclic amines) is 1. The fraction of sp³-hybridized carbons (Fsp3) is 0.929. The van der Waals surface area contributed by atoms with Gasteiger partial charge in [-0.25, -0.2) is 0 Å². The number of nitrogens with zero attached hydrogens (tertiary/aromatic N) is 1. The Morgan fingerprint density at radius 3 is 2.61 bits per heavy atom. The van der Waals surface area contributed by atoms with Crippen LogP contribution in [0.5, 0.6) is 0 Å². The third kappa shape index (κ3) is 2.69. The highest BCUT2D eigenvalue weighted by atomic mass is 16.3. The van der Waals surface area contributed by atoms with Crippen molar-refractivity contribution in [1.29, 1.82) is 0 Å². The molecule has 4 nitrogen and oxygen atoms in total. The lowest BCUT2D eigenvalue weighted by molar-refractivity contribution is -0.141. The molecule has 5 unspecified atom stereocenters. The maximum atomic E-state index is 12.5. The Morgan fingerprint density at radius 2 is 1.94 bits per heavy atom. The Bertz CT molecular complexity index is 308. The lowest BCUT2D eigenvalue weighted by Gasteiger charge is -2.40. The predicted molar refractivity (Wildman–Crippen MR) is 70.8 cm³/mol. The Morgan fingerprint density at radius 1 is 1.22 bits per heavy atom. The fourth-order valence-electron chi connectivity index (χ4n) is 3.30. The van der Waals surface area contributed by atoms with Gasteiger partial charge in [-0.1, -0.05) is 20.3 Å². The first kappa shape index (κ1) is 13.8. The van der Waals surface area contributed by atoms with Gasteiger partial charge >= 0.3 is 0 Å². The van der Waals surface area contributed by atoms with Crippen molar-refractivity contribution in [3.8, 4) is 0 Å². The van der Waals surface area contributed by atoms with Gasteiger partial charge in [-0.3, -0.25) is 4.79 Å². The second kappa shape index (κ2) is 5.57. The van der Waals surface area contributed by atoms with Crippen LogP contribution < -0.4 is 5.73 Å². The van der Waals surface area contributed by atoms with Crippen molar-refractivity contribution in [1.82, 2.24) is 4.90 Å². The molecule has 1 aliphatic heterocycles. The summed E-state index contributed by atoms with van der Waals surface area (Å²) < 4.78 is 0. The van der Waals surface area contributed by atoms with Gasteiger partial charge in [-0.15, -0.1) is 0 Å². The second-order valence-electron chi connectivity index (χ2n) is 6.21. The van der Waals surface area contributed by atoms with E-state index in [2.05, 4.69) is 6.92 Å². The van der Waals surface area contributed by atoms with Crippen molar-refractivity contribution in [2.75, 3.05) is 13.1 Å². The van der Waals surface area contributed by atoms with Crippen LogP contribution in [0.4, 0.5) is 0 Å². The molecule has 0 radical (unpaired) electrons. The zero-order valence-corrected chi connectivity index (χ0v) is 11.5. The van der Waals surface area contributed by atoms with E-state index in [4.69, 9.17) is 5.73 Å². The van der Waals surface area contributed by atoms with E-state index in [9.17, 15) is 9.90 Å². The van der Waals surface area contributed by atoms with Gasteiger partial charge < -0.3 is 15.7 Å². The number of hydrogen-bond donors (Lipinski definition) is 2. The Balaban J connectivity index is 1.98. The van der Waals surface area contributed by atoms with Crippen LogP contribution in [-0.4, -0.2) is 41.1 Å². The van der Waals surface area contributed by atoms with Crippen LogP contribution in [0.25, 0.3) is 0 Å². The zero-order chi connectivity index (χ0) is 13.3. The molecule has 3 N–H and O–H groups in total. The molecular weight excluding hydrogens is 228 g/mol. The van der Waals surface area contributed by atoms with Crippen LogP contribution in [0, 0.1) is 17.8 Å². The van der Waals surface area contributed by atoms with Gasteiger partial charge in [0.05, 0.1) is 12.0 Å². The third-order valence-corrected chi connectivity index (χ3v) is 4.79. The average Bonchev–Trinajstić information content (AvgIpc) is 2.35. The van der Waals surface area contributed by atoms with E-state index in [1.54, 1.807) is 0 Å². The summed E-state index contributed by atoms with van der Waals surface area (Å²) in [6, 6.07) is 0.00778. The maximum Gasteiger partial charge on any atom is 0.227 e. The molecule has 1 heterocycles. The van der Waals surface area contributed by atoms with Gasteiger partial charge in [-0.2, -0.15) is 0 Å². The Hall–Kier alpha value is -0.610. The molecule has 0 aromatic carbocycles. The molecule has 0 bridgehead atoms. The number of amides is 1. The van der Waals surface area contributed by atoms with Crippen molar-refractivity contribution >= 4 is 5.91 Å². The second-order valence-corrected chi connectivity index (χ2v) is 6.21. The molecule has 1 aliphatic carbocycles. The molecule has 4 heteroatoms. The minimum Gasteiger partial charge on any atom is -0.393 e. The Kier molecular flexibility index (Phi) is 4.28. The van der Waals surface area contributed by atoms with E-state index in [1.807, 2.05) is 11.8 Å². The summed E-state index contributed by atoms with van der Waals surface area (Å²) in [4.78, 5) is 14.4. The van der Waals surface area contributed by atoms with E-state index in [0.717, 1.165) is 19.3 Å². The first-order valence-corrected chi connectivity index (χ1v) is 7.23. The summed E-state index contributed by atoms with van der Waals surface area (Å²) in [5, 5.41) is 9.72. The normalized spacial score (nSPS) is 41.8. The number of aliphatic hydroxyl groups excluding tert-OH is 1. The van der Waals surface area contributed by atoms with Crippen molar-refractivity contribution < 1.29 is 9.90 Å². The fourth-order valence-corrected chi connectivity index (χ4v) is 3.30. The molecule has 5 atom stereocenters. The molecule has 2 fully saturated rings. The van der Waals surface area contributed by atoms with Crippen LogP contribution in [0.1, 0.15) is 39.5 Å². The third-order valence-electron chi connectivity index (χ3n) is 4.79. The Labute approximate surface area is 110 Å². The van der Waals surface area contributed by atoms with E-state index < -0.39 is 0 Å². The largest absolute Gasteiger partial charge is 0.393 e. The monoisotopic (exact) mass is 254 g/mol. The molecule has 18 heavy (non-hydrogen) atoms. The van der Waals surface area contributed by atoms with Gasteiger partial charge in [0, 0.05) is 19.1 Å². The van der Waals surface area contributed by atoms with Crippen molar-refractivity contribution in [2.24, 2.45) is 23.5 Å². The number of nitrogens with two attached hydrogens (primary N) is 1. The number of carbonyl (C=O) groups excluding carboxylic acids is 1.